The highest BCUT2D eigenvalue weighted by Gasteiger charge is 2.12. The molecule has 0 spiro atoms. The largest absolute Gasteiger partial charge is 0.494 e. The van der Waals surface area contributed by atoms with Gasteiger partial charge in [0.25, 0.3) is 5.91 Å². The molecule has 3 rings (SSSR count). The van der Waals surface area contributed by atoms with Crippen LogP contribution in [0.25, 0.3) is 11.0 Å². The summed E-state index contributed by atoms with van der Waals surface area (Å²) in [5, 5.41) is 3.43. The lowest BCUT2D eigenvalue weighted by molar-refractivity contribution is 0.0948. The third-order valence-corrected chi connectivity index (χ3v) is 3.50. The minimum absolute atomic E-state index is 0.0117. The number of hydrogen-bond acceptors (Lipinski definition) is 4. The van der Waals surface area contributed by atoms with Crippen molar-refractivity contribution in [2.24, 2.45) is 0 Å². The molecule has 24 heavy (non-hydrogen) atoms. The fourth-order valence-corrected chi connectivity index (χ4v) is 2.30. The number of nitrogens with one attached hydrogen (secondary N) is 1. The number of hydrogen-bond donors (Lipinski definition) is 1. The molecular formula is C19H17NO4. The first-order chi connectivity index (χ1) is 11.7. The smallest absolute Gasteiger partial charge is 0.349 e. The van der Waals surface area contributed by atoms with E-state index in [1.165, 1.54) is 0 Å². The zero-order valence-electron chi connectivity index (χ0n) is 13.0. The predicted molar refractivity (Wildman–Crippen MR) is 91.4 cm³/mol. The van der Waals surface area contributed by atoms with Crippen LogP contribution in [0.15, 0.2) is 69.9 Å². The fourth-order valence-electron chi connectivity index (χ4n) is 2.30. The normalized spacial score (nSPS) is 10.5. The highest BCUT2D eigenvalue weighted by molar-refractivity contribution is 5.96. The molecule has 0 saturated carbocycles. The molecule has 0 aliphatic heterocycles. The van der Waals surface area contributed by atoms with Gasteiger partial charge in [-0.1, -0.05) is 36.4 Å². The van der Waals surface area contributed by atoms with Crippen LogP contribution in [0.3, 0.4) is 0 Å². The lowest BCUT2D eigenvalue weighted by Gasteiger charge is -2.07. The number of carbonyl (C=O) groups excluding carboxylic acids is 1. The van der Waals surface area contributed by atoms with Crippen LogP contribution >= 0.6 is 0 Å². The second-order valence-corrected chi connectivity index (χ2v) is 5.26. The summed E-state index contributed by atoms with van der Waals surface area (Å²) in [6, 6.07) is 18.1. The number of amides is 1. The SMILES string of the molecule is O=C(NCCCOc1ccccc1)c1cc2ccccc2oc1=O. The lowest BCUT2D eigenvalue weighted by Crippen LogP contribution is -2.29. The third-order valence-electron chi connectivity index (χ3n) is 3.50. The van der Waals surface area contributed by atoms with Crippen molar-refractivity contribution >= 4 is 16.9 Å². The van der Waals surface area contributed by atoms with Gasteiger partial charge >= 0.3 is 5.63 Å². The van der Waals surface area contributed by atoms with E-state index in [9.17, 15) is 9.59 Å². The molecule has 0 saturated heterocycles. The minimum Gasteiger partial charge on any atom is -0.494 e. The summed E-state index contributed by atoms with van der Waals surface area (Å²) in [4.78, 5) is 24.0. The Hall–Kier alpha value is -3.08. The molecule has 1 aromatic heterocycles. The average molecular weight is 323 g/mol. The summed E-state index contributed by atoms with van der Waals surface area (Å²) >= 11 is 0. The summed E-state index contributed by atoms with van der Waals surface area (Å²) in [7, 11) is 0. The highest BCUT2D eigenvalue weighted by atomic mass is 16.5. The van der Waals surface area contributed by atoms with Crippen LogP contribution in [0.2, 0.25) is 0 Å². The predicted octanol–water partition coefficient (Wildman–Crippen LogP) is 2.99. The van der Waals surface area contributed by atoms with Crippen LogP contribution in [0.4, 0.5) is 0 Å². The Kier molecular flexibility index (Phi) is 4.91. The molecule has 1 amide bonds. The van der Waals surface area contributed by atoms with Gasteiger partial charge in [-0.3, -0.25) is 4.79 Å². The molecule has 0 aliphatic carbocycles. The number of para-hydroxylation sites is 2. The van der Waals surface area contributed by atoms with Crippen LogP contribution in [0, 0.1) is 0 Å². The molecule has 5 nitrogen and oxygen atoms in total. The van der Waals surface area contributed by atoms with Gasteiger partial charge in [-0.25, -0.2) is 4.79 Å². The van der Waals surface area contributed by atoms with Gasteiger partial charge in [0.1, 0.15) is 16.9 Å². The molecule has 2 aromatic carbocycles. The van der Waals surface area contributed by atoms with E-state index < -0.39 is 11.5 Å². The number of benzene rings is 2. The Morgan fingerprint density at radius 2 is 1.79 bits per heavy atom. The Bertz CT molecular complexity index is 887. The summed E-state index contributed by atoms with van der Waals surface area (Å²) in [5.41, 5.74) is -0.153. The summed E-state index contributed by atoms with van der Waals surface area (Å²) in [6.45, 7) is 0.897. The van der Waals surface area contributed by atoms with Crippen LogP contribution in [0.5, 0.6) is 5.75 Å². The number of ether oxygens (including phenoxy) is 1. The van der Waals surface area contributed by atoms with E-state index in [0.717, 1.165) is 11.1 Å². The van der Waals surface area contributed by atoms with E-state index in [1.54, 1.807) is 24.3 Å². The van der Waals surface area contributed by atoms with Crippen molar-refractivity contribution in [1.82, 2.24) is 5.32 Å². The maximum atomic E-state index is 12.1. The van der Waals surface area contributed by atoms with E-state index in [1.807, 2.05) is 36.4 Å². The van der Waals surface area contributed by atoms with Gasteiger partial charge in [0.05, 0.1) is 6.61 Å². The second-order valence-electron chi connectivity index (χ2n) is 5.26. The Labute approximate surface area is 138 Å². The Balaban J connectivity index is 1.53. The van der Waals surface area contributed by atoms with Crippen LogP contribution < -0.4 is 15.7 Å². The molecule has 0 radical (unpaired) electrons. The Morgan fingerprint density at radius 1 is 1.04 bits per heavy atom. The van der Waals surface area contributed by atoms with Crippen LogP contribution in [0.1, 0.15) is 16.8 Å². The van der Waals surface area contributed by atoms with Gasteiger partial charge in [0, 0.05) is 11.9 Å². The molecule has 0 unspecified atom stereocenters. The number of carbonyl (C=O) groups is 1. The summed E-state index contributed by atoms with van der Waals surface area (Å²) < 4.78 is 10.7. The maximum absolute atomic E-state index is 12.1. The molecule has 1 N–H and O–H groups in total. The molecule has 3 aromatic rings. The van der Waals surface area contributed by atoms with Crippen molar-refractivity contribution in [3.63, 3.8) is 0 Å². The second kappa shape index (κ2) is 7.46. The van der Waals surface area contributed by atoms with Crippen molar-refractivity contribution in [3.8, 4) is 5.75 Å². The molecule has 0 bridgehead atoms. The van der Waals surface area contributed by atoms with E-state index in [-0.39, 0.29) is 5.56 Å². The topological polar surface area (TPSA) is 68.5 Å². The van der Waals surface area contributed by atoms with Gasteiger partial charge in [-0.15, -0.1) is 0 Å². The molecule has 1 heterocycles. The van der Waals surface area contributed by atoms with Crippen molar-refractivity contribution in [2.45, 2.75) is 6.42 Å². The zero-order valence-corrected chi connectivity index (χ0v) is 13.0. The van der Waals surface area contributed by atoms with Crippen molar-refractivity contribution in [1.29, 1.82) is 0 Å². The molecule has 0 fully saturated rings. The third kappa shape index (κ3) is 3.81. The fraction of sp³-hybridized carbons (Fsp3) is 0.158. The average Bonchev–Trinajstić information content (AvgIpc) is 2.61. The number of fused-ring (bicyclic) bond motifs is 1. The first-order valence-corrected chi connectivity index (χ1v) is 7.73. The Morgan fingerprint density at radius 3 is 2.62 bits per heavy atom. The monoisotopic (exact) mass is 323 g/mol. The zero-order chi connectivity index (χ0) is 16.8. The summed E-state index contributed by atoms with van der Waals surface area (Å²) in [5.74, 6) is 0.355. The van der Waals surface area contributed by atoms with E-state index in [0.29, 0.717) is 25.2 Å². The van der Waals surface area contributed by atoms with Gasteiger partial charge in [-0.05, 0) is 30.7 Å². The molecular weight excluding hydrogens is 306 g/mol. The van der Waals surface area contributed by atoms with Gasteiger partial charge in [0.15, 0.2) is 0 Å². The van der Waals surface area contributed by atoms with Crippen molar-refractivity contribution in [3.05, 3.63) is 76.6 Å². The van der Waals surface area contributed by atoms with Gasteiger partial charge < -0.3 is 14.5 Å². The van der Waals surface area contributed by atoms with E-state index >= 15 is 0 Å². The molecule has 5 heteroatoms. The standard InChI is InChI=1S/C19H17NO4/c21-18(20-11-6-12-23-15-8-2-1-3-9-15)16-13-14-7-4-5-10-17(14)24-19(16)22/h1-5,7-10,13H,6,11-12H2,(H,20,21). The van der Waals surface area contributed by atoms with E-state index in [2.05, 4.69) is 5.32 Å². The first kappa shape index (κ1) is 15.8. The van der Waals surface area contributed by atoms with Crippen molar-refractivity contribution in [2.75, 3.05) is 13.2 Å². The van der Waals surface area contributed by atoms with E-state index in [4.69, 9.17) is 9.15 Å². The lowest BCUT2D eigenvalue weighted by atomic mass is 10.2. The van der Waals surface area contributed by atoms with Crippen molar-refractivity contribution < 1.29 is 13.9 Å². The number of rotatable bonds is 6. The summed E-state index contributed by atoms with van der Waals surface area (Å²) in [6.07, 6.45) is 0.638. The maximum Gasteiger partial charge on any atom is 0.349 e. The minimum atomic E-state index is -0.633. The molecule has 122 valence electrons. The van der Waals surface area contributed by atoms with Crippen LogP contribution in [-0.4, -0.2) is 19.1 Å². The molecule has 0 aliphatic rings. The van der Waals surface area contributed by atoms with Gasteiger partial charge in [0.2, 0.25) is 0 Å². The molecule has 0 atom stereocenters. The highest BCUT2D eigenvalue weighted by Crippen LogP contribution is 2.12. The van der Waals surface area contributed by atoms with Gasteiger partial charge in [-0.2, -0.15) is 0 Å². The first-order valence-electron chi connectivity index (χ1n) is 7.73. The van der Waals surface area contributed by atoms with Crippen LogP contribution in [-0.2, 0) is 0 Å². The quantitative estimate of drug-likeness (QED) is 0.559.